The average Bonchev–Trinajstić information content (AvgIpc) is 2.90. The lowest BCUT2D eigenvalue weighted by Crippen LogP contribution is -2.52. The number of nitrogens with two attached hydrogens (primary N) is 2. The predicted molar refractivity (Wildman–Crippen MR) is 77.4 cm³/mol. The minimum Gasteiger partial charge on any atom is -0.409 e. The zero-order chi connectivity index (χ0) is 15.7. The van der Waals surface area contributed by atoms with Gasteiger partial charge in [0.05, 0.1) is 5.41 Å². The molecule has 1 atom stereocenters. The van der Waals surface area contributed by atoms with Crippen LogP contribution in [-0.2, 0) is 9.59 Å². The number of amides is 2. The van der Waals surface area contributed by atoms with Crippen LogP contribution in [0.4, 0.5) is 0 Å². The first-order valence-corrected chi connectivity index (χ1v) is 7.43. The maximum atomic E-state index is 12.9. The number of carbonyl (C=O) groups excluding carboxylic acids is 2. The normalized spacial score (nSPS) is 29.4. The molecule has 7 nitrogen and oxygen atoms in total. The third kappa shape index (κ3) is 2.56. The number of carbonyl (C=O) groups is 2. The molecule has 0 aromatic rings. The summed E-state index contributed by atoms with van der Waals surface area (Å²) in [6, 6.07) is 0. The zero-order valence-electron chi connectivity index (χ0n) is 12.5. The van der Waals surface area contributed by atoms with E-state index in [0.717, 1.165) is 19.3 Å². The molecule has 1 aliphatic heterocycles. The second-order valence-corrected chi connectivity index (χ2v) is 6.53. The van der Waals surface area contributed by atoms with E-state index >= 15 is 0 Å². The summed E-state index contributed by atoms with van der Waals surface area (Å²) in [5.74, 6) is -0.540. The van der Waals surface area contributed by atoms with Gasteiger partial charge in [0.15, 0.2) is 5.84 Å². The molecule has 1 heterocycles. The van der Waals surface area contributed by atoms with Gasteiger partial charge in [-0.2, -0.15) is 0 Å². The standard InChI is InChI=1S/C14H24N4O3/c1-13(11(16)19)7-8-18(9-13)12(20)14(10(15)17-21)5-3-2-4-6-14/h21H,2-9H2,1H3,(H2,15,17)(H2,16,19). The van der Waals surface area contributed by atoms with Crippen LogP contribution in [-0.4, -0.2) is 40.8 Å². The number of primary amides is 1. The molecule has 0 bridgehead atoms. The predicted octanol–water partition coefficient (Wildman–Crippen LogP) is 0.407. The highest BCUT2D eigenvalue weighted by Crippen LogP contribution is 2.41. The third-order valence-corrected chi connectivity index (χ3v) is 5.07. The fourth-order valence-corrected chi connectivity index (χ4v) is 3.47. The summed E-state index contributed by atoms with van der Waals surface area (Å²) in [5, 5.41) is 12.2. The van der Waals surface area contributed by atoms with Gasteiger partial charge >= 0.3 is 0 Å². The van der Waals surface area contributed by atoms with Crippen LogP contribution in [0.2, 0.25) is 0 Å². The number of amidine groups is 1. The van der Waals surface area contributed by atoms with Crippen molar-refractivity contribution in [1.29, 1.82) is 0 Å². The van der Waals surface area contributed by atoms with Crippen molar-refractivity contribution < 1.29 is 14.8 Å². The van der Waals surface area contributed by atoms with Crippen LogP contribution in [0, 0.1) is 10.8 Å². The number of hydrogen-bond acceptors (Lipinski definition) is 4. The van der Waals surface area contributed by atoms with Crippen LogP contribution in [0.15, 0.2) is 5.16 Å². The van der Waals surface area contributed by atoms with Crippen LogP contribution in [0.3, 0.4) is 0 Å². The molecule has 2 amide bonds. The molecule has 2 aliphatic rings. The maximum Gasteiger partial charge on any atom is 0.236 e. The molecule has 2 fully saturated rings. The van der Waals surface area contributed by atoms with E-state index < -0.39 is 10.8 Å². The molecule has 118 valence electrons. The summed E-state index contributed by atoms with van der Waals surface area (Å²) >= 11 is 0. The topological polar surface area (TPSA) is 122 Å². The first-order valence-electron chi connectivity index (χ1n) is 7.43. The Morgan fingerprint density at radius 2 is 1.76 bits per heavy atom. The first-order chi connectivity index (χ1) is 9.85. The van der Waals surface area contributed by atoms with E-state index in [4.69, 9.17) is 16.7 Å². The van der Waals surface area contributed by atoms with Gasteiger partial charge in [0.25, 0.3) is 0 Å². The molecule has 1 saturated heterocycles. The monoisotopic (exact) mass is 296 g/mol. The largest absolute Gasteiger partial charge is 0.409 e. The molecule has 0 spiro atoms. The number of nitrogens with zero attached hydrogens (tertiary/aromatic N) is 2. The lowest BCUT2D eigenvalue weighted by molar-refractivity contribution is -0.139. The second-order valence-electron chi connectivity index (χ2n) is 6.53. The summed E-state index contributed by atoms with van der Waals surface area (Å²) in [5.41, 5.74) is 9.66. The molecular weight excluding hydrogens is 272 g/mol. The van der Waals surface area contributed by atoms with Gasteiger partial charge in [-0.15, -0.1) is 0 Å². The number of rotatable bonds is 3. The molecule has 0 radical (unpaired) electrons. The van der Waals surface area contributed by atoms with E-state index in [-0.39, 0.29) is 17.6 Å². The van der Waals surface area contributed by atoms with Gasteiger partial charge in [-0.1, -0.05) is 24.4 Å². The smallest absolute Gasteiger partial charge is 0.236 e. The SMILES string of the molecule is CC1(C(N)=O)CCN(C(=O)C2(C(N)=NO)CCCCC2)C1. The van der Waals surface area contributed by atoms with E-state index in [1.165, 1.54) is 0 Å². The summed E-state index contributed by atoms with van der Waals surface area (Å²) in [6.45, 7) is 2.57. The fraction of sp³-hybridized carbons (Fsp3) is 0.786. The van der Waals surface area contributed by atoms with E-state index in [0.29, 0.717) is 32.4 Å². The molecular formula is C14H24N4O3. The number of likely N-dealkylation sites (tertiary alicyclic amines) is 1. The van der Waals surface area contributed by atoms with Gasteiger partial charge in [0, 0.05) is 13.1 Å². The Kier molecular flexibility index (Phi) is 4.11. The molecule has 1 saturated carbocycles. The van der Waals surface area contributed by atoms with E-state index in [2.05, 4.69) is 5.16 Å². The van der Waals surface area contributed by atoms with Crippen molar-refractivity contribution >= 4 is 17.6 Å². The lowest BCUT2D eigenvalue weighted by Gasteiger charge is -2.37. The van der Waals surface area contributed by atoms with Crippen LogP contribution < -0.4 is 11.5 Å². The molecule has 5 N–H and O–H groups in total. The Morgan fingerprint density at radius 3 is 2.24 bits per heavy atom. The highest BCUT2D eigenvalue weighted by Gasteiger charge is 2.50. The van der Waals surface area contributed by atoms with Crippen LogP contribution in [0.1, 0.15) is 45.4 Å². The Balaban J connectivity index is 2.23. The fourth-order valence-electron chi connectivity index (χ4n) is 3.47. The van der Waals surface area contributed by atoms with E-state index in [1.807, 2.05) is 0 Å². The Labute approximate surface area is 124 Å². The molecule has 2 rings (SSSR count). The number of hydrogen-bond donors (Lipinski definition) is 3. The van der Waals surface area contributed by atoms with Crippen LogP contribution in [0.25, 0.3) is 0 Å². The third-order valence-electron chi connectivity index (χ3n) is 5.07. The highest BCUT2D eigenvalue weighted by molar-refractivity contribution is 6.07. The quantitative estimate of drug-likeness (QED) is 0.302. The van der Waals surface area contributed by atoms with Gasteiger partial charge in [-0.3, -0.25) is 9.59 Å². The Bertz CT molecular complexity index is 471. The first kappa shape index (κ1) is 15.6. The molecule has 21 heavy (non-hydrogen) atoms. The molecule has 1 aliphatic carbocycles. The summed E-state index contributed by atoms with van der Waals surface area (Å²) < 4.78 is 0. The zero-order valence-corrected chi connectivity index (χ0v) is 12.5. The second kappa shape index (κ2) is 5.54. The summed E-state index contributed by atoms with van der Waals surface area (Å²) in [4.78, 5) is 26.1. The lowest BCUT2D eigenvalue weighted by atomic mass is 9.72. The van der Waals surface area contributed by atoms with Gasteiger partial charge < -0.3 is 21.6 Å². The van der Waals surface area contributed by atoms with Crippen molar-refractivity contribution in [2.45, 2.75) is 45.4 Å². The minimum atomic E-state index is -0.921. The van der Waals surface area contributed by atoms with E-state index in [1.54, 1.807) is 11.8 Å². The molecule has 1 unspecified atom stereocenters. The van der Waals surface area contributed by atoms with Gasteiger partial charge in [-0.25, -0.2) is 0 Å². The number of oxime groups is 1. The van der Waals surface area contributed by atoms with Crippen molar-refractivity contribution in [2.75, 3.05) is 13.1 Å². The van der Waals surface area contributed by atoms with E-state index in [9.17, 15) is 9.59 Å². The van der Waals surface area contributed by atoms with Crippen LogP contribution in [0.5, 0.6) is 0 Å². The van der Waals surface area contributed by atoms with Gasteiger partial charge in [0.1, 0.15) is 5.41 Å². The average molecular weight is 296 g/mol. The maximum absolute atomic E-state index is 12.9. The van der Waals surface area contributed by atoms with Gasteiger partial charge in [0.2, 0.25) is 11.8 Å². The molecule has 0 aromatic heterocycles. The van der Waals surface area contributed by atoms with Crippen molar-refractivity contribution in [1.82, 2.24) is 4.90 Å². The molecule has 0 aromatic carbocycles. The minimum absolute atomic E-state index is 0.0140. The van der Waals surface area contributed by atoms with Crippen molar-refractivity contribution in [2.24, 2.45) is 27.5 Å². The summed E-state index contributed by atoms with van der Waals surface area (Å²) in [6.07, 6.45) is 4.54. The highest BCUT2D eigenvalue weighted by atomic mass is 16.4. The Morgan fingerprint density at radius 1 is 1.14 bits per heavy atom. The molecule has 7 heteroatoms. The summed E-state index contributed by atoms with van der Waals surface area (Å²) in [7, 11) is 0. The van der Waals surface area contributed by atoms with Crippen LogP contribution >= 0.6 is 0 Å². The Hall–Kier alpha value is -1.79. The van der Waals surface area contributed by atoms with Gasteiger partial charge in [-0.05, 0) is 26.2 Å². The van der Waals surface area contributed by atoms with Crippen molar-refractivity contribution in [3.05, 3.63) is 0 Å². The van der Waals surface area contributed by atoms with Crippen molar-refractivity contribution in [3.63, 3.8) is 0 Å². The van der Waals surface area contributed by atoms with Crippen molar-refractivity contribution in [3.8, 4) is 0 Å².